The van der Waals surface area contributed by atoms with Gasteiger partial charge in [0.05, 0.1) is 0 Å². The van der Waals surface area contributed by atoms with Gasteiger partial charge in [0.15, 0.2) is 5.66 Å². The van der Waals surface area contributed by atoms with Crippen molar-refractivity contribution in [1.82, 2.24) is 10.2 Å². The van der Waals surface area contributed by atoms with Crippen LogP contribution in [0.25, 0.3) is 0 Å². The zero-order chi connectivity index (χ0) is 25.7. The number of nitrogens with zero attached hydrogens (tertiary/aromatic N) is 1. The normalized spacial score (nSPS) is 20.0. The molecule has 198 valence electrons. The Labute approximate surface area is 236 Å². The van der Waals surface area contributed by atoms with E-state index in [9.17, 15) is 9.59 Å². The highest BCUT2D eigenvalue weighted by atomic mass is 79.9. The molecule has 5 nitrogen and oxygen atoms in total. The van der Waals surface area contributed by atoms with E-state index in [1.165, 1.54) is 15.9 Å². The third-order valence-electron chi connectivity index (χ3n) is 7.57. The highest BCUT2D eigenvalue weighted by Crippen LogP contribution is 2.62. The second-order valence-corrected chi connectivity index (χ2v) is 13.2. The van der Waals surface area contributed by atoms with Crippen LogP contribution in [0.5, 0.6) is 0 Å². The Morgan fingerprint density at radius 2 is 1.47 bits per heavy atom. The summed E-state index contributed by atoms with van der Waals surface area (Å²) in [5, 5.41) is 6.98. The van der Waals surface area contributed by atoms with Gasteiger partial charge in [-0.25, -0.2) is 4.79 Å². The van der Waals surface area contributed by atoms with E-state index < -0.39 is 13.3 Å². The van der Waals surface area contributed by atoms with Gasteiger partial charge in [0.25, 0.3) is 5.91 Å². The first kappa shape index (κ1) is 28.2. The van der Waals surface area contributed by atoms with Gasteiger partial charge >= 0.3 is 5.97 Å². The Kier molecular flexibility index (Phi) is 9.54. The zero-order valence-electron chi connectivity index (χ0n) is 21.4. The maximum Gasteiger partial charge on any atom is 0.330 e. The second-order valence-electron chi connectivity index (χ2n) is 9.63. The molecule has 2 aliphatic rings. The maximum absolute atomic E-state index is 14.5. The fourth-order valence-electron chi connectivity index (χ4n) is 6.01. The molecule has 0 spiro atoms. The van der Waals surface area contributed by atoms with Gasteiger partial charge in [-0.15, -0.1) is 0 Å². The number of amides is 1. The Morgan fingerprint density at radius 3 is 1.92 bits per heavy atom. The number of carbonyl (C=O) groups excluding carboxylic acids is 2. The summed E-state index contributed by atoms with van der Waals surface area (Å²) in [5.41, 5.74) is -0.268. The van der Waals surface area contributed by atoms with Gasteiger partial charge in [-0.3, -0.25) is 4.79 Å². The number of likely N-dealkylation sites (tertiary alicyclic amines) is 1. The maximum atomic E-state index is 14.5. The van der Waals surface area contributed by atoms with Crippen molar-refractivity contribution in [2.75, 3.05) is 19.7 Å². The summed E-state index contributed by atoms with van der Waals surface area (Å²) in [6.45, 7) is 5.19. The van der Waals surface area contributed by atoms with Crippen LogP contribution in [-0.4, -0.2) is 54.2 Å². The summed E-state index contributed by atoms with van der Waals surface area (Å²) in [7, 11) is -2.40. The summed E-state index contributed by atoms with van der Waals surface area (Å²) in [6, 6.07) is 30.7. The number of halogens is 1. The third kappa shape index (κ3) is 5.22. The van der Waals surface area contributed by atoms with Crippen molar-refractivity contribution in [2.45, 2.75) is 37.0 Å². The van der Waals surface area contributed by atoms with E-state index >= 15 is 0 Å². The topological polar surface area (TPSA) is 58.6 Å². The third-order valence-corrected chi connectivity index (χ3v) is 12.3. The molecule has 0 saturated carbocycles. The average molecular weight is 594 g/mol. The molecule has 2 heterocycles. The van der Waals surface area contributed by atoms with Crippen LogP contribution >= 0.6 is 7.26 Å². The molecule has 5 rings (SSSR count). The first-order valence-corrected chi connectivity index (χ1v) is 14.9. The van der Waals surface area contributed by atoms with Gasteiger partial charge in [-0.1, -0.05) is 67.3 Å². The van der Waals surface area contributed by atoms with Crippen molar-refractivity contribution >= 4 is 35.1 Å². The van der Waals surface area contributed by atoms with E-state index in [2.05, 4.69) is 84.7 Å². The monoisotopic (exact) mass is 592 g/mol. The van der Waals surface area contributed by atoms with Gasteiger partial charge in [0.2, 0.25) is 0 Å². The van der Waals surface area contributed by atoms with Gasteiger partial charge in [0.1, 0.15) is 35.8 Å². The van der Waals surface area contributed by atoms with E-state index in [1.54, 1.807) is 6.08 Å². The zero-order valence-corrected chi connectivity index (χ0v) is 23.9. The van der Waals surface area contributed by atoms with E-state index in [0.717, 1.165) is 19.4 Å². The van der Waals surface area contributed by atoms with Gasteiger partial charge in [-0.2, -0.15) is 0 Å². The molecule has 3 aromatic rings. The van der Waals surface area contributed by atoms with E-state index in [0.29, 0.717) is 13.0 Å². The van der Waals surface area contributed by atoms with Crippen molar-refractivity contribution in [3.05, 3.63) is 104 Å². The largest absolute Gasteiger partial charge is 1.00 e. The van der Waals surface area contributed by atoms with E-state index in [-0.39, 0.29) is 47.2 Å². The molecule has 0 aliphatic carbocycles. The minimum Gasteiger partial charge on any atom is -1.00 e. The average Bonchev–Trinajstić information content (AvgIpc) is 3.61. The Hall–Kier alpha value is -2.79. The Bertz CT molecular complexity index is 1120. The van der Waals surface area contributed by atoms with E-state index in [4.69, 9.17) is 4.74 Å². The number of ether oxygens (including phenoxy) is 1. The number of esters is 1. The summed E-state index contributed by atoms with van der Waals surface area (Å²) >= 11 is 0. The Balaban J connectivity index is 0.00000336. The molecule has 2 fully saturated rings. The smallest absolute Gasteiger partial charge is 0.330 e. The first-order valence-electron chi connectivity index (χ1n) is 13.0. The van der Waals surface area contributed by atoms with Crippen LogP contribution in [0.3, 0.4) is 0 Å². The van der Waals surface area contributed by atoms with Crippen molar-refractivity contribution in [3.8, 4) is 0 Å². The molecule has 3 aromatic carbocycles. The van der Waals surface area contributed by atoms with Crippen LogP contribution in [0.1, 0.15) is 19.3 Å². The fourth-order valence-corrected chi connectivity index (χ4v) is 10.9. The summed E-state index contributed by atoms with van der Waals surface area (Å²) in [4.78, 5) is 29.6. The molecular formula is C31H34BrN2O3P. The quantitative estimate of drug-likeness (QED) is 0.222. The van der Waals surface area contributed by atoms with Crippen molar-refractivity contribution in [2.24, 2.45) is 0 Å². The molecule has 2 aliphatic heterocycles. The van der Waals surface area contributed by atoms with Crippen LogP contribution in [0, 0.1) is 0 Å². The molecule has 0 aromatic heterocycles. The highest BCUT2D eigenvalue weighted by Gasteiger charge is 2.60. The lowest BCUT2D eigenvalue weighted by atomic mass is 10.1. The minimum absolute atomic E-state index is 0. The van der Waals surface area contributed by atoms with E-state index in [1.807, 2.05) is 23.1 Å². The molecule has 1 amide bonds. The van der Waals surface area contributed by atoms with Crippen LogP contribution in [-0.2, 0) is 14.3 Å². The lowest BCUT2D eigenvalue weighted by Gasteiger charge is -2.34. The number of rotatable bonds is 9. The van der Waals surface area contributed by atoms with Crippen molar-refractivity contribution in [3.63, 3.8) is 0 Å². The molecule has 2 saturated heterocycles. The van der Waals surface area contributed by atoms with Gasteiger partial charge < -0.3 is 31.9 Å². The first-order chi connectivity index (χ1) is 18.2. The molecule has 1 N–H and O–H groups in total. The molecule has 38 heavy (non-hydrogen) atoms. The standard InChI is InChI=1S/C31H34N2O3P.BrH/c1-2-23-36-31(35)29(27-19-12-21-32-27)33-22-20-28(30(33)34)37(24-13-6-3-7-14-24,25-15-8-4-9-16-25)26-17-10-5-11-18-26;/h2-11,13-18,27-29,32H,1,12,19-23H2;1H/q+1;/p-1/t27?,28?,29-;/m0./s1. The fraction of sp³-hybridized carbons (Fsp3) is 0.290. The van der Waals surface area contributed by atoms with Crippen LogP contribution in [0.15, 0.2) is 104 Å². The molecule has 7 heteroatoms. The molecule has 2 unspecified atom stereocenters. The summed E-state index contributed by atoms with van der Waals surface area (Å²) < 4.78 is 5.52. The van der Waals surface area contributed by atoms with Gasteiger partial charge in [0, 0.05) is 19.0 Å². The lowest BCUT2D eigenvalue weighted by molar-refractivity contribution is -0.153. The van der Waals surface area contributed by atoms with Crippen molar-refractivity contribution < 1.29 is 31.3 Å². The van der Waals surface area contributed by atoms with Crippen molar-refractivity contribution in [1.29, 1.82) is 0 Å². The predicted molar refractivity (Wildman–Crippen MR) is 151 cm³/mol. The van der Waals surface area contributed by atoms with Crippen LogP contribution < -0.4 is 38.2 Å². The van der Waals surface area contributed by atoms with Crippen LogP contribution in [0.2, 0.25) is 0 Å². The highest BCUT2D eigenvalue weighted by molar-refractivity contribution is 7.96. The minimum atomic E-state index is -2.40. The number of hydrogen-bond donors (Lipinski definition) is 1. The SMILES string of the molecule is C=CCOC(=O)[C@H](C1CCCN1)N1CCC([P+](c2ccccc2)(c2ccccc2)c2ccccc2)C1=O.[Br-]. The molecule has 3 atom stereocenters. The lowest BCUT2D eigenvalue weighted by Crippen LogP contribution is -3.00. The number of nitrogens with one attached hydrogen (secondary N) is 1. The molecular weight excluding hydrogens is 559 g/mol. The van der Waals surface area contributed by atoms with Crippen LogP contribution in [0.4, 0.5) is 0 Å². The summed E-state index contributed by atoms with van der Waals surface area (Å²) in [5.74, 6) is -0.310. The molecule has 0 radical (unpaired) electrons. The number of carbonyl (C=O) groups is 2. The summed E-state index contributed by atoms with van der Waals surface area (Å²) in [6.07, 6.45) is 4.08. The molecule has 0 bridgehead atoms. The second kappa shape index (κ2) is 12.8. The number of hydrogen-bond acceptors (Lipinski definition) is 4. The Morgan fingerprint density at radius 1 is 0.947 bits per heavy atom. The number of benzene rings is 3. The predicted octanol–water partition coefficient (Wildman–Crippen LogP) is 0.435. The van der Waals surface area contributed by atoms with Gasteiger partial charge in [-0.05, 0) is 55.8 Å².